The summed E-state index contributed by atoms with van der Waals surface area (Å²) in [5.41, 5.74) is 5.43. The van der Waals surface area contributed by atoms with Crippen LogP contribution in [-0.2, 0) is 6.54 Å². The first-order chi connectivity index (χ1) is 9.16. The number of nitrogen functional groups attached to an aromatic ring is 1. The fourth-order valence-electron chi connectivity index (χ4n) is 1.49. The summed E-state index contributed by atoms with van der Waals surface area (Å²) in [6, 6.07) is 4.18. The molecule has 2 heterocycles. The van der Waals surface area contributed by atoms with Gasteiger partial charge in [-0.25, -0.2) is 4.63 Å². The third-order valence-electron chi connectivity index (χ3n) is 2.41. The molecule has 0 fully saturated rings. The van der Waals surface area contributed by atoms with E-state index in [4.69, 9.17) is 5.73 Å². The van der Waals surface area contributed by atoms with Crippen LogP contribution in [0, 0.1) is 6.92 Å². The highest BCUT2D eigenvalue weighted by Gasteiger charge is 2.14. The van der Waals surface area contributed by atoms with Gasteiger partial charge in [0.25, 0.3) is 5.91 Å². The van der Waals surface area contributed by atoms with Gasteiger partial charge in [-0.1, -0.05) is 0 Å². The van der Waals surface area contributed by atoms with E-state index in [2.05, 4.69) is 44.6 Å². The smallest absolute Gasteiger partial charge is 0.277 e. The molecular weight excluding hydrogens is 302 g/mol. The zero-order valence-electron chi connectivity index (χ0n) is 10.9. The Balaban J connectivity index is 0.00000200. The topological polar surface area (TPSA) is 106 Å². The molecule has 0 aliphatic rings. The zero-order chi connectivity index (χ0) is 13.7. The van der Waals surface area contributed by atoms with E-state index in [0.717, 1.165) is 6.54 Å². The standard InChI is InChI=1S/C11H15N5O2S.ClH/c1-7-2-3-8(19-7)6-13-4-5-14-11(17)9-10(12)16-18-15-9;/h2-3,13H,4-6H2,1H3,(H2,12,16)(H,14,17);1H/p-1. The summed E-state index contributed by atoms with van der Waals surface area (Å²) >= 11 is 1.76. The third-order valence-corrected chi connectivity index (χ3v) is 3.41. The molecule has 2 aromatic heterocycles. The molecule has 0 aliphatic heterocycles. The van der Waals surface area contributed by atoms with Gasteiger partial charge in [-0.2, -0.15) is 0 Å². The van der Waals surface area contributed by atoms with E-state index < -0.39 is 0 Å². The Labute approximate surface area is 126 Å². The van der Waals surface area contributed by atoms with E-state index in [1.54, 1.807) is 11.3 Å². The van der Waals surface area contributed by atoms with E-state index in [1.165, 1.54) is 9.75 Å². The minimum atomic E-state index is -0.382. The van der Waals surface area contributed by atoms with Crippen LogP contribution >= 0.6 is 11.3 Å². The minimum Gasteiger partial charge on any atom is -1.00 e. The van der Waals surface area contributed by atoms with Crippen molar-refractivity contribution >= 4 is 23.1 Å². The number of nitrogens with two attached hydrogens (primary N) is 1. The Morgan fingerprint density at radius 2 is 2.20 bits per heavy atom. The van der Waals surface area contributed by atoms with Crippen molar-refractivity contribution in [2.24, 2.45) is 0 Å². The van der Waals surface area contributed by atoms with Gasteiger partial charge in [-0.05, 0) is 29.4 Å². The fourth-order valence-corrected chi connectivity index (χ4v) is 2.35. The van der Waals surface area contributed by atoms with Crippen molar-refractivity contribution in [2.45, 2.75) is 13.5 Å². The Hall–Kier alpha value is -1.64. The van der Waals surface area contributed by atoms with Gasteiger partial charge >= 0.3 is 0 Å². The molecular formula is C11H15ClN5O2S-. The van der Waals surface area contributed by atoms with Crippen LogP contribution in [0.1, 0.15) is 20.2 Å². The molecule has 0 aliphatic carbocycles. The third kappa shape index (κ3) is 4.48. The van der Waals surface area contributed by atoms with Crippen molar-refractivity contribution in [3.05, 3.63) is 27.6 Å². The highest BCUT2D eigenvalue weighted by Crippen LogP contribution is 2.14. The Bertz CT molecular complexity index is 557. The molecule has 0 radical (unpaired) electrons. The van der Waals surface area contributed by atoms with Crippen LogP contribution in [0.5, 0.6) is 0 Å². The number of hydrogen-bond donors (Lipinski definition) is 3. The largest absolute Gasteiger partial charge is 1.00 e. The molecule has 0 aromatic carbocycles. The number of hydrogen-bond acceptors (Lipinski definition) is 7. The van der Waals surface area contributed by atoms with E-state index in [-0.39, 0.29) is 29.8 Å². The molecule has 110 valence electrons. The summed E-state index contributed by atoms with van der Waals surface area (Å²) in [5, 5.41) is 12.7. The van der Waals surface area contributed by atoms with Gasteiger partial charge in [0.15, 0.2) is 0 Å². The van der Waals surface area contributed by atoms with E-state index >= 15 is 0 Å². The second-order valence-electron chi connectivity index (χ2n) is 3.94. The Morgan fingerprint density at radius 3 is 2.80 bits per heavy atom. The highest BCUT2D eigenvalue weighted by molar-refractivity contribution is 7.11. The lowest BCUT2D eigenvalue weighted by Crippen LogP contribution is -3.00. The van der Waals surface area contributed by atoms with Crippen molar-refractivity contribution < 1.29 is 21.8 Å². The van der Waals surface area contributed by atoms with Crippen molar-refractivity contribution in [1.29, 1.82) is 0 Å². The quantitative estimate of drug-likeness (QED) is 0.511. The van der Waals surface area contributed by atoms with Crippen molar-refractivity contribution in [3.63, 3.8) is 0 Å². The molecule has 1 amide bonds. The monoisotopic (exact) mass is 316 g/mol. The fraction of sp³-hybridized carbons (Fsp3) is 0.364. The number of aryl methyl sites for hydroxylation is 1. The van der Waals surface area contributed by atoms with Gasteiger partial charge in [0, 0.05) is 29.4 Å². The maximum atomic E-state index is 11.6. The van der Waals surface area contributed by atoms with E-state index in [1.807, 2.05) is 0 Å². The average Bonchev–Trinajstić information content (AvgIpc) is 2.97. The SMILES string of the molecule is Cc1ccc(CNCCNC(=O)c2nonc2N)s1.[Cl-]. The number of nitrogens with one attached hydrogen (secondary N) is 2. The molecule has 0 bridgehead atoms. The number of aromatic nitrogens is 2. The summed E-state index contributed by atoms with van der Waals surface area (Å²) in [4.78, 5) is 14.1. The van der Waals surface area contributed by atoms with E-state index in [0.29, 0.717) is 13.1 Å². The molecule has 4 N–H and O–H groups in total. The lowest BCUT2D eigenvalue weighted by Gasteiger charge is -2.04. The molecule has 0 saturated carbocycles. The van der Waals surface area contributed by atoms with Crippen LogP contribution in [0.15, 0.2) is 16.8 Å². The van der Waals surface area contributed by atoms with Gasteiger partial charge in [0.2, 0.25) is 11.5 Å². The van der Waals surface area contributed by atoms with Gasteiger partial charge in [0.1, 0.15) is 0 Å². The van der Waals surface area contributed by atoms with Crippen LogP contribution < -0.4 is 28.8 Å². The first kappa shape index (κ1) is 16.4. The van der Waals surface area contributed by atoms with Gasteiger partial charge in [-0.15, -0.1) is 11.3 Å². The average molecular weight is 317 g/mol. The second kappa shape index (κ2) is 7.83. The van der Waals surface area contributed by atoms with Crippen LogP contribution in [0.25, 0.3) is 0 Å². The van der Waals surface area contributed by atoms with Gasteiger partial charge < -0.3 is 28.8 Å². The first-order valence-electron chi connectivity index (χ1n) is 5.79. The summed E-state index contributed by atoms with van der Waals surface area (Å²) < 4.78 is 4.35. The van der Waals surface area contributed by atoms with Crippen LogP contribution in [0.4, 0.5) is 5.82 Å². The summed E-state index contributed by atoms with van der Waals surface area (Å²) in [6.45, 7) is 4.01. The molecule has 7 nitrogen and oxygen atoms in total. The Kier molecular flexibility index (Phi) is 6.43. The maximum absolute atomic E-state index is 11.6. The second-order valence-corrected chi connectivity index (χ2v) is 5.32. The molecule has 2 aromatic rings. The summed E-state index contributed by atoms with van der Waals surface area (Å²) in [6.07, 6.45) is 0. The summed E-state index contributed by atoms with van der Waals surface area (Å²) in [7, 11) is 0. The number of amides is 1. The maximum Gasteiger partial charge on any atom is 0.277 e. The number of nitrogens with zero attached hydrogens (tertiary/aromatic N) is 2. The van der Waals surface area contributed by atoms with Crippen LogP contribution in [0.3, 0.4) is 0 Å². The Morgan fingerprint density at radius 1 is 1.40 bits per heavy atom. The predicted octanol–water partition coefficient (Wildman–Crippen LogP) is -2.45. The van der Waals surface area contributed by atoms with Crippen molar-refractivity contribution in [1.82, 2.24) is 20.9 Å². The van der Waals surface area contributed by atoms with E-state index in [9.17, 15) is 4.79 Å². The predicted molar refractivity (Wildman–Crippen MR) is 71.8 cm³/mol. The lowest BCUT2D eigenvalue weighted by atomic mass is 10.4. The minimum absolute atomic E-state index is 0. The molecule has 0 unspecified atom stereocenters. The zero-order valence-corrected chi connectivity index (χ0v) is 12.4. The number of thiophene rings is 1. The van der Waals surface area contributed by atoms with Crippen LogP contribution in [-0.4, -0.2) is 29.3 Å². The molecule has 2 rings (SSSR count). The molecule has 20 heavy (non-hydrogen) atoms. The number of halogens is 1. The number of rotatable bonds is 6. The number of carbonyl (C=O) groups is 1. The molecule has 9 heteroatoms. The first-order valence-corrected chi connectivity index (χ1v) is 6.60. The number of carbonyl (C=O) groups excluding carboxylic acids is 1. The van der Waals surface area contributed by atoms with Crippen molar-refractivity contribution in [3.8, 4) is 0 Å². The van der Waals surface area contributed by atoms with Crippen molar-refractivity contribution in [2.75, 3.05) is 18.8 Å². The molecule has 0 spiro atoms. The molecule has 0 atom stereocenters. The normalized spacial score (nSPS) is 10.1. The highest BCUT2D eigenvalue weighted by atomic mass is 35.5. The number of anilines is 1. The molecule has 0 saturated heterocycles. The van der Waals surface area contributed by atoms with Crippen LogP contribution in [0.2, 0.25) is 0 Å². The van der Waals surface area contributed by atoms with Gasteiger partial charge in [-0.3, -0.25) is 4.79 Å². The van der Waals surface area contributed by atoms with Gasteiger partial charge in [0.05, 0.1) is 0 Å². The summed E-state index contributed by atoms with van der Waals surface area (Å²) in [5.74, 6) is -0.382. The lowest BCUT2D eigenvalue weighted by molar-refractivity contribution is -0.0000128.